The Morgan fingerprint density at radius 1 is 0.912 bits per heavy atom. The van der Waals surface area contributed by atoms with Crippen molar-refractivity contribution < 1.29 is 19.0 Å². The van der Waals surface area contributed by atoms with Crippen molar-refractivity contribution in [3.63, 3.8) is 0 Å². The van der Waals surface area contributed by atoms with E-state index >= 15 is 0 Å². The van der Waals surface area contributed by atoms with Crippen LogP contribution in [-0.4, -0.2) is 29.9 Å². The summed E-state index contributed by atoms with van der Waals surface area (Å²) in [5.41, 5.74) is 3.33. The number of hydrogen-bond donors (Lipinski definition) is 1. The number of amides is 1. The van der Waals surface area contributed by atoms with E-state index in [0.717, 1.165) is 39.9 Å². The lowest BCUT2D eigenvalue weighted by molar-refractivity contribution is 0.102. The van der Waals surface area contributed by atoms with E-state index in [0.29, 0.717) is 22.9 Å². The van der Waals surface area contributed by atoms with Gasteiger partial charge in [-0.1, -0.05) is 18.2 Å². The van der Waals surface area contributed by atoms with Gasteiger partial charge in [0.15, 0.2) is 11.5 Å². The number of rotatable bonds is 7. The van der Waals surface area contributed by atoms with Crippen molar-refractivity contribution in [2.24, 2.45) is 0 Å². The Hall–Kier alpha value is -3.91. The Morgan fingerprint density at radius 2 is 1.65 bits per heavy atom. The van der Waals surface area contributed by atoms with Crippen LogP contribution in [0.15, 0.2) is 72.8 Å². The molecule has 8 heteroatoms. The average molecular weight is 474 g/mol. The first kappa shape index (κ1) is 21.9. The molecule has 4 aromatic rings. The van der Waals surface area contributed by atoms with Gasteiger partial charge in [-0.25, -0.2) is 4.68 Å². The van der Waals surface area contributed by atoms with Crippen molar-refractivity contribution in [1.29, 1.82) is 0 Å². The number of hydrogen-bond acceptors (Lipinski definition) is 6. The van der Waals surface area contributed by atoms with Gasteiger partial charge in [-0.3, -0.25) is 4.79 Å². The van der Waals surface area contributed by atoms with Crippen molar-refractivity contribution in [3.8, 4) is 28.7 Å². The van der Waals surface area contributed by atoms with Crippen LogP contribution in [0.2, 0.25) is 0 Å². The molecule has 0 unspecified atom stereocenters. The van der Waals surface area contributed by atoms with Crippen LogP contribution in [0.5, 0.6) is 23.0 Å². The highest BCUT2D eigenvalue weighted by atomic mass is 32.2. The number of aromatic nitrogens is 2. The zero-order valence-electron chi connectivity index (χ0n) is 18.8. The van der Waals surface area contributed by atoms with Gasteiger partial charge in [-0.15, -0.1) is 0 Å². The van der Waals surface area contributed by atoms with E-state index in [4.69, 9.17) is 19.3 Å². The summed E-state index contributed by atoms with van der Waals surface area (Å²) in [7, 11) is 3.11. The molecule has 0 saturated heterocycles. The Labute approximate surface area is 201 Å². The molecule has 1 aliphatic rings. The van der Waals surface area contributed by atoms with Crippen LogP contribution in [0.4, 0.5) is 5.82 Å². The fraction of sp³-hybridized carbons (Fsp3) is 0.154. The maximum Gasteiger partial charge on any atom is 0.256 e. The van der Waals surface area contributed by atoms with Gasteiger partial charge >= 0.3 is 0 Å². The third kappa shape index (κ3) is 4.32. The van der Waals surface area contributed by atoms with Crippen LogP contribution < -0.4 is 19.5 Å². The summed E-state index contributed by atoms with van der Waals surface area (Å²) >= 11 is 1.78. The minimum absolute atomic E-state index is 0.245. The number of nitrogens with one attached hydrogen (secondary N) is 1. The fourth-order valence-corrected chi connectivity index (χ4v) is 4.80. The number of carbonyl (C=O) groups excluding carboxylic acids is 1. The molecule has 1 amide bonds. The SMILES string of the molecule is COc1ccc(C(=O)Nc2c3c(nn2-c2ccc(Oc4ccccc4)cc2)CSC3)cc1OC. The van der Waals surface area contributed by atoms with Crippen molar-refractivity contribution in [1.82, 2.24) is 9.78 Å². The lowest BCUT2D eigenvalue weighted by Gasteiger charge is -2.13. The summed E-state index contributed by atoms with van der Waals surface area (Å²) in [6.07, 6.45) is 0. The molecule has 0 spiro atoms. The first-order chi connectivity index (χ1) is 16.7. The second-order valence-corrected chi connectivity index (χ2v) is 8.60. The lowest BCUT2D eigenvalue weighted by atomic mass is 10.2. The molecular formula is C26H23N3O4S. The molecule has 0 radical (unpaired) electrons. The highest BCUT2D eigenvalue weighted by Crippen LogP contribution is 2.37. The predicted octanol–water partition coefficient (Wildman–Crippen LogP) is 5.68. The van der Waals surface area contributed by atoms with E-state index in [-0.39, 0.29) is 5.91 Å². The van der Waals surface area contributed by atoms with E-state index in [2.05, 4.69) is 5.32 Å². The number of benzene rings is 3. The summed E-state index contributed by atoms with van der Waals surface area (Å²) < 4.78 is 18.3. The van der Waals surface area contributed by atoms with Crippen molar-refractivity contribution >= 4 is 23.5 Å². The number of fused-ring (bicyclic) bond motifs is 1. The normalized spacial score (nSPS) is 12.2. The van der Waals surface area contributed by atoms with Gasteiger partial charge in [0.25, 0.3) is 5.91 Å². The van der Waals surface area contributed by atoms with Crippen molar-refractivity contribution in [3.05, 3.63) is 89.6 Å². The fourth-order valence-electron chi connectivity index (χ4n) is 3.77. The Morgan fingerprint density at radius 3 is 2.38 bits per heavy atom. The monoisotopic (exact) mass is 473 g/mol. The molecule has 0 aliphatic carbocycles. The van der Waals surface area contributed by atoms with E-state index in [9.17, 15) is 4.79 Å². The van der Waals surface area contributed by atoms with E-state index in [1.165, 1.54) is 0 Å². The molecule has 5 rings (SSSR count). The second-order valence-electron chi connectivity index (χ2n) is 7.61. The molecule has 1 aromatic heterocycles. The van der Waals surface area contributed by atoms with Crippen LogP contribution >= 0.6 is 11.8 Å². The van der Waals surface area contributed by atoms with Gasteiger partial charge in [0.05, 0.1) is 25.6 Å². The van der Waals surface area contributed by atoms with Crippen LogP contribution in [-0.2, 0) is 11.5 Å². The standard InChI is InChI=1S/C26H23N3O4S/c1-31-23-13-8-17(14-24(23)32-2)26(30)27-25-21-15-34-16-22(21)28-29(25)18-9-11-20(12-10-18)33-19-6-4-3-5-7-19/h3-14H,15-16H2,1-2H3,(H,27,30). The molecule has 0 saturated carbocycles. The van der Waals surface area contributed by atoms with E-state index in [1.54, 1.807) is 48.9 Å². The molecule has 0 bridgehead atoms. The summed E-state index contributed by atoms with van der Waals surface area (Å²) in [5.74, 6) is 4.61. The molecule has 1 N–H and O–H groups in total. The van der Waals surface area contributed by atoms with E-state index in [1.807, 2.05) is 54.6 Å². The third-order valence-corrected chi connectivity index (χ3v) is 6.46. The Bertz CT molecular complexity index is 1320. The molecular weight excluding hydrogens is 450 g/mol. The largest absolute Gasteiger partial charge is 0.493 e. The maximum atomic E-state index is 13.1. The Balaban J connectivity index is 1.42. The van der Waals surface area contributed by atoms with Gasteiger partial charge in [-0.05, 0) is 54.6 Å². The van der Waals surface area contributed by atoms with Crippen LogP contribution in [0.3, 0.4) is 0 Å². The van der Waals surface area contributed by atoms with Crippen molar-refractivity contribution in [2.45, 2.75) is 11.5 Å². The lowest BCUT2D eigenvalue weighted by Crippen LogP contribution is -2.16. The number of para-hydroxylation sites is 1. The minimum Gasteiger partial charge on any atom is -0.493 e. The molecule has 0 atom stereocenters. The maximum absolute atomic E-state index is 13.1. The second kappa shape index (κ2) is 9.52. The third-order valence-electron chi connectivity index (χ3n) is 5.49. The molecule has 2 heterocycles. The minimum atomic E-state index is -0.245. The van der Waals surface area contributed by atoms with Gasteiger partial charge < -0.3 is 19.5 Å². The van der Waals surface area contributed by atoms with Gasteiger partial charge in [0, 0.05) is 22.6 Å². The number of anilines is 1. The number of thioether (sulfide) groups is 1. The number of carbonyl (C=O) groups is 1. The van der Waals surface area contributed by atoms with Crippen LogP contribution in [0.25, 0.3) is 5.69 Å². The molecule has 7 nitrogen and oxygen atoms in total. The van der Waals surface area contributed by atoms with Crippen LogP contribution in [0.1, 0.15) is 21.6 Å². The molecule has 172 valence electrons. The zero-order valence-corrected chi connectivity index (χ0v) is 19.6. The predicted molar refractivity (Wildman–Crippen MR) is 133 cm³/mol. The smallest absolute Gasteiger partial charge is 0.256 e. The number of ether oxygens (including phenoxy) is 3. The van der Waals surface area contributed by atoms with E-state index < -0.39 is 0 Å². The molecule has 3 aromatic carbocycles. The number of nitrogens with zero attached hydrogens (tertiary/aromatic N) is 2. The quantitative estimate of drug-likeness (QED) is 0.372. The summed E-state index contributed by atoms with van der Waals surface area (Å²) in [4.78, 5) is 13.1. The highest BCUT2D eigenvalue weighted by molar-refractivity contribution is 7.98. The average Bonchev–Trinajstić information content (AvgIpc) is 3.47. The first-order valence-corrected chi connectivity index (χ1v) is 11.9. The highest BCUT2D eigenvalue weighted by Gasteiger charge is 2.25. The number of methoxy groups -OCH3 is 2. The van der Waals surface area contributed by atoms with Crippen molar-refractivity contribution in [2.75, 3.05) is 19.5 Å². The first-order valence-electron chi connectivity index (χ1n) is 10.7. The van der Waals surface area contributed by atoms with Crippen LogP contribution in [0, 0.1) is 0 Å². The topological polar surface area (TPSA) is 74.6 Å². The van der Waals surface area contributed by atoms with Gasteiger partial charge in [-0.2, -0.15) is 16.9 Å². The molecule has 34 heavy (non-hydrogen) atoms. The summed E-state index contributed by atoms with van der Waals surface area (Å²) in [6, 6.07) is 22.4. The summed E-state index contributed by atoms with van der Waals surface area (Å²) in [5, 5.41) is 7.85. The zero-order chi connectivity index (χ0) is 23.5. The van der Waals surface area contributed by atoms with Gasteiger partial charge in [0.1, 0.15) is 17.3 Å². The van der Waals surface area contributed by atoms with Gasteiger partial charge in [0.2, 0.25) is 0 Å². The molecule has 1 aliphatic heterocycles. The Kier molecular flexibility index (Phi) is 6.14. The summed E-state index contributed by atoms with van der Waals surface area (Å²) in [6.45, 7) is 0. The molecule has 0 fully saturated rings.